The highest BCUT2D eigenvalue weighted by atomic mass is 32.2. The Labute approximate surface area is 122 Å². The number of ketones is 1. The molecule has 0 spiro atoms. The van der Waals surface area contributed by atoms with E-state index in [0.717, 1.165) is 20.7 Å². The van der Waals surface area contributed by atoms with E-state index in [-0.39, 0.29) is 5.78 Å². The maximum atomic E-state index is 12.5. The van der Waals surface area contributed by atoms with E-state index in [1.807, 2.05) is 36.1 Å². The quantitative estimate of drug-likeness (QED) is 0.416. The van der Waals surface area contributed by atoms with Gasteiger partial charge in [0, 0.05) is 0 Å². The Morgan fingerprint density at radius 3 is 2.84 bits per heavy atom. The van der Waals surface area contributed by atoms with Crippen LogP contribution in [0, 0.1) is 6.92 Å². The average Bonchev–Trinajstić information content (AvgIpc) is 3.07. The number of nitrogens with zero attached hydrogens (tertiary/aromatic N) is 2. The number of aromatic nitrogens is 2. The van der Waals surface area contributed by atoms with E-state index in [2.05, 4.69) is 9.97 Å². The number of carbonyl (C=O) groups excluding carboxylic acids is 1. The minimum Gasteiger partial charge on any atom is -0.286 e. The van der Waals surface area contributed by atoms with Crippen LogP contribution in [-0.2, 0) is 0 Å². The van der Waals surface area contributed by atoms with Crippen molar-refractivity contribution in [1.29, 1.82) is 0 Å². The molecule has 3 rings (SSSR count). The Hall–Kier alpha value is -1.24. The summed E-state index contributed by atoms with van der Waals surface area (Å²) in [6.07, 6.45) is 1.92. The summed E-state index contributed by atoms with van der Waals surface area (Å²) < 4.78 is 0.883. The molecule has 19 heavy (non-hydrogen) atoms. The average molecular weight is 306 g/mol. The summed E-state index contributed by atoms with van der Waals surface area (Å²) in [7, 11) is 0. The zero-order valence-electron chi connectivity index (χ0n) is 10.3. The first-order valence-corrected chi connectivity index (χ1v) is 8.57. The van der Waals surface area contributed by atoms with Gasteiger partial charge in [-0.2, -0.15) is 0 Å². The van der Waals surface area contributed by atoms with Crippen LogP contribution in [-0.4, -0.2) is 22.0 Å². The zero-order chi connectivity index (χ0) is 13.4. The van der Waals surface area contributed by atoms with Gasteiger partial charge in [-0.1, -0.05) is 17.8 Å². The molecule has 3 heterocycles. The molecule has 3 aromatic rings. The molecule has 0 bridgehead atoms. The Morgan fingerprint density at radius 1 is 1.32 bits per heavy atom. The SMILES string of the molecule is CSc1nc(C(=O)c2cccs2)c2scc(C)c2n1. The highest BCUT2D eigenvalue weighted by Crippen LogP contribution is 2.30. The van der Waals surface area contributed by atoms with Gasteiger partial charge in [0.25, 0.3) is 0 Å². The molecule has 0 N–H and O–H groups in total. The third kappa shape index (κ3) is 2.20. The fourth-order valence-corrected chi connectivity index (χ4v) is 3.79. The third-order valence-electron chi connectivity index (χ3n) is 2.71. The number of carbonyl (C=O) groups is 1. The van der Waals surface area contributed by atoms with Crippen LogP contribution in [0.1, 0.15) is 20.9 Å². The first-order chi connectivity index (χ1) is 9.20. The van der Waals surface area contributed by atoms with Crippen molar-refractivity contribution in [3.05, 3.63) is 39.0 Å². The number of rotatable bonds is 3. The maximum Gasteiger partial charge on any atom is 0.222 e. The van der Waals surface area contributed by atoms with Crippen molar-refractivity contribution >= 4 is 50.4 Å². The van der Waals surface area contributed by atoms with Gasteiger partial charge in [-0.05, 0) is 35.6 Å². The normalized spacial score (nSPS) is 11.1. The molecule has 3 nitrogen and oxygen atoms in total. The van der Waals surface area contributed by atoms with Crippen LogP contribution in [0.15, 0.2) is 28.0 Å². The zero-order valence-corrected chi connectivity index (χ0v) is 12.8. The summed E-state index contributed by atoms with van der Waals surface area (Å²) in [4.78, 5) is 22.1. The fraction of sp³-hybridized carbons (Fsp3) is 0.154. The number of hydrogen-bond donors (Lipinski definition) is 0. The summed E-state index contributed by atoms with van der Waals surface area (Å²) in [6.45, 7) is 2.01. The maximum absolute atomic E-state index is 12.5. The summed E-state index contributed by atoms with van der Waals surface area (Å²) >= 11 is 4.44. The van der Waals surface area contributed by atoms with E-state index in [1.165, 1.54) is 34.4 Å². The number of thioether (sulfide) groups is 1. The van der Waals surface area contributed by atoms with E-state index in [1.54, 1.807) is 0 Å². The molecular weight excluding hydrogens is 296 g/mol. The molecule has 0 aliphatic heterocycles. The number of aryl methyl sites for hydroxylation is 1. The minimum absolute atomic E-state index is 0.0143. The van der Waals surface area contributed by atoms with E-state index in [4.69, 9.17) is 0 Å². The van der Waals surface area contributed by atoms with Crippen molar-refractivity contribution in [2.24, 2.45) is 0 Å². The largest absolute Gasteiger partial charge is 0.286 e. The monoisotopic (exact) mass is 306 g/mol. The molecule has 0 unspecified atom stereocenters. The van der Waals surface area contributed by atoms with Gasteiger partial charge < -0.3 is 0 Å². The lowest BCUT2D eigenvalue weighted by atomic mass is 10.2. The van der Waals surface area contributed by atoms with Crippen molar-refractivity contribution in [2.75, 3.05) is 6.26 Å². The number of fused-ring (bicyclic) bond motifs is 1. The molecule has 0 saturated heterocycles. The Morgan fingerprint density at radius 2 is 2.16 bits per heavy atom. The van der Waals surface area contributed by atoms with Gasteiger partial charge in [-0.25, -0.2) is 9.97 Å². The second kappa shape index (κ2) is 5.03. The molecule has 3 aromatic heterocycles. The molecule has 0 saturated carbocycles. The summed E-state index contributed by atoms with van der Waals surface area (Å²) in [6, 6.07) is 3.71. The van der Waals surface area contributed by atoms with E-state index in [0.29, 0.717) is 10.9 Å². The number of thiophene rings is 2. The Bertz CT molecular complexity index is 747. The Kier molecular flexibility index (Phi) is 3.38. The molecule has 6 heteroatoms. The van der Waals surface area contributed by atoms with Gasteiger partial charge in [0.15, 0.2) is 5.16 Å². The highest BCUT2D eigenvalue weighted by molar-refractivity contribution is 7.98. The van der Waals surface area contributed by atoms with Crippen LogP contribution in [0.2, 0.25) is 0 Å². The second-order valence-electron chi connectivity index (χ2n) is 3.96. The molecule has 0 fully saturated rings. The molecule has 0 atom stereocenters. The Balaban J connectivity index is 2.25. The van der Waals surface area contributed by atoms with Crippen LogP contribution in [0.4, 0.5) is 0 Å². The van der Waals surface area contributed by atoms with Crippen LogP contribution in [0.5, 0.6) is 0 Å². The van der Waals surface area contributed by atoms with Crippen LogP contribution < -0.4 is 0 Å². The molecule has 0 radical (unpaired) electrons. The van der Waals surface area contributed by atoms with Gasteiger partial charge >= 0.3 is 0 Å². The summed E-state index contributed by atoms with van der Waals surface area (Å²) in [5.74, 6) is -0.0143. The van der Waals surface area contributed by atoms with Gasteiger partial charge in [0.2, 0.25) is 5.78 Å². The summed E-state index contributed by atoms with van der Waals surface area (Å²) in [5.41, 5.74) is 2.51. The smallest absolute Gasteiger partial charge is 0.222 e. The van der Waals surface area contributed by atoms with Crippen molar-refractivity contribution < 1.29 is 4.79 Å². The van der Waals surface area contributed by atoms with Crippen LogP contribution >= 0.6 is 34.4 Å². The molecule has 0 amide bonds. The highest BCUT2D eigenvalue weighted by Gasteiger charge is 2.19. The molecule has 0 aromatic carbocycles. The molecule has 0 aliphatic rings. The van der Waals surface area contributed by atoms with Crippen LogP contribution in [0.3, 0.4) is 0 Å². The van der Waals surface area contributed by atoms with Gasteiger partial charge in [-0.15, -0.1) is 22.7 Å². The van der Waals surface area contributed by atoms with Gasteiger partial charge in [0.1, 0.15) is 5.69 Å². The lowest BCUT2D eigenvalue weighted by Gasteiger charge is -2.03. The molecule has 0 aliphatic carbocycles. The van der Waals surface area contributed by atoms with Crippen molar-refractivity contribution in [3.8, 4) is 0 Å². The van der Waals surface area contributed by atoms with Gasteiger partial charge in [0.05, 0.1) is 15.1 Å². The topological polar surface area (TPSA) is 42.9 Å². The van der Waals surface area contributed by atoms with Crippen LogP contribution in [0.25, 0.3) is 10.2 Å². The third-order valence-corrected chi connectivity index (χ3v) is 5.22. The van der Waals surface area contributed by atoms with Crippen molar-refractivity contribution in [2.45, 2.75) is 12.1 Å². The molecule has 96 valence electrons. The lowest BCUT2D eigenvalue weighted by Crippen LogP contribution is -2.04. The fourth-order valence-electron chi connectivity index (χ4n) is 1.78. The second-order valence-corrected chi connectivity index (χ2v) is 6.56. The minimum atomic E-state index is -0.0143. The predicted octanol–water partition coefficient (Wildman–Crippen LogP) is 4.01. The van der Waals surface area contributed by atoms with Crippen molar-refractivity contribution in [1.82, 2.24) is 9.97 Å². The summed E-state index contributed by atoms with van der Waals surface area (Å²) in [5, 5.41) is 4.57. The number of hydrogen-bond acceptors (Lipinski definition) is 6. The lowest BCUT2D eigenvalue weighted by molar-refractivity contribution is 0.103. The standard InChI is InChI=1S/C13H10N2OS3/c1-7-6-19-12-9(7)14-13(17-2)15-10(12)11(16)8-4-3-5-18-8/h3-6H,1-2H3. The predicted molar refractivity (Wildman–Crippen MR) is 81.7 cm³/mol. The van der Waals surface area contributed by atoms with Gasteiger partial charge in [-0.3, -0.25) is 4.79 Å². The first kappa shape index (κ1) is 12.8. The van der Waals surface area contributed by atoms with E-state index >= 15 is 0 Å². The van der Waals surface area contributed by atoms with E-state index in [9.17, 15) is 4.79 Å². The van der Waals surface area contributed by atoms with Crippen molar-refractivity contribution in [3.63, 3.8) is 0 Å². The molecular formula is C13H10N2OS3. The van der Waals surface area contributed by atoms with E-state index < -0.39 is 0 Å². The first-order valence-electron chi connectivity index (χ1n) is 5.58.